The molecular weight excluding hydrogens is 237 g/mol. The number of carbonyl (C=O) groups excluding carboxylic acids is 1. The zero-order valence-corrected chi connectivity index (χ0v) is 9.26. The Labute approximate surface area is 95.1 Å². The van der Waals surface area contributed by atoms with E-state index in [9.17, 15) is 22.8 Å². The van der Waals surface area contributed by atoms with Crippen LogP contribution in [0.5, 0.6) is 0 Å². The van der Waals surface area contributed by atoms with Crippen molar-refractivity contribution < 1.29 is 18.0 Å². The quantitative estimate of drug-likeness (QED) is 0.866. The fourth-order valence-corrected chi connectivity index (χ4v) is 1.24. The largest absolute Gasteiger partial charge is 0.431 e. The Hall–Kier alpha value is -1.79. The molecule has 0 unspecified atom stereocenters. The fraction of sp³-hybridized carbons (Fsp3) is 0.400. The van der Waals surface area contributed by atoms with Crippen LogP contribution in [0.1, 0.15) is 19.0 Å². The number of anilines is 1. The van der Waals surface area contributed by atoms with E-state index in [1.165, 1.54) is 0 Å². The molecule has 1 heterocycles. The topological polar surface area (TPSA) is 51.1 Å². The number of hydrogen-bond acceptors (Lipinski definition) is 2. The standard InChI is InChI=1S/C10H11F3N2O2/c1-3-9(17)14-6-5-15(2)8(4-7(6)16)10(11,12)13/h4-5H,3H2,1-2H3,(H,14,17). The third-order valence-electron chi connectivity index (χ3n) is 2.12. The molecule has 1 aromatic heterocycles. The summed E-state index contributed by atoms with van der Waals surface area (Å²) >= 11 is 0. The summed E-state index contributed by atoms with van der Waals surface area (Å²) in [4.78, 5) is 22.4. The third kappa shape index (κ3) is 3.08. The Morgan fingerprint density at radius 3 is 2.53 bits per heavy atom. The number of nitrogens with one attached hydrogen (secondary N) is 1. The van der Waals surface area contributed by atoms with Gasteiger partial charge in [-0.25, -0.2) is 0 Å². The molecule has 0 aromatic carbocycles. The Morgan fingerprint density at radius 2 is 2.06 bits per heavy atom. The maximum Gasteiger partial charge on any atom is 0.431 e. The Kier molecular flexibility index (Phi) is 3.59. The van der Waals surface area contributed by atoms with E-state index >= 15 is 0 Å². The molecule has 0 saturated carbocycles. The van der Waals surface area contributed by atoms with Crippen LogP contribution in [-0.4, -0.2) is 10.5 Å². The summed E-state index contributed by atoms with van der Waals surface area (Å²) < 4.78 is 38.1. The van der Waals surface area contributed by atoms with E-state index in [4.69, 9.17) is 0 Å². The lowest BCUT2D eigenvalue weighted by Crippen LogP contribution is -2.23. The predicted octanol–water partition coefficient (Wildman–Crippen LogP) is 1.75. The molecule has 1 aromatic rings. The minimum atomic E-state index is -4.60. The first-order valence-electron chi connectivity index (χ1n) is 4.83. The SMILES string of the molecule is CCC(=O)Nc1cn(C)c(C(F)(F)F)cc1=O. The van der Waals surface area contributed by atoms with E-state index in [0.29, 0.717) is 6.07 Å². The number of carbonyl (C=O) groups is 1. The monoisotopic (exact) mass is 248 g/mol. The second-order valence-corrected chi connectivity index (χ2v) is 3.45. The van der Waals surface area contributed by atoms with E-state index in [2.05, 4.69) is 5.32 Å². The summed E-state index contributed by atoms with van der Waals surface area (Å²) in [5.41, 5.74) is -2.08. The van der Waals surface area contributed by atoms with Crippen molar-refractivity contribution in [2.75, 3.05) is 5.32 Å². The first kappa shape index (κ1) is 13.3. The fourth-order valence-electron chi connectivity index (χ4n) is 1.24. The summed E-state index contributed by atoms with van der Waals surface area (Å²) in [7, 11) is 1.16. The Morgan fingerprint density at radius 1 is 1.47 bits per heavy atom. The van der Waals surface area contributed by atoms with Crippen molar-refractivity contribution >= 4 is 11.6 Å². The van der Waals surface area contributed by atoms with Crippen LogP contribution >= 0.6 is 0 Å². The molecule has 4 nitrogen and oxygen atoms in total. The average Bonchev–Trinajstić information content (AvgIpc) is 2.21. The molecule has 0 aliphatic rings. The van der Waals surface area contributed by atoms with Crippen molar-refractivity contribution in [2.45, 2.75) is 19.5 Å². The van der Waals surface area contributed by atoms with Gasteiger partial charge in [0.2, 0.25) is 11.3 Å². The van der Waals surface area contributed by atoms with Gasteiger partial charge in [0.05, 0.1) is 0 Å². The summed E-state index contributed by atoms with van der Waals surface area (Å²) in [6, 6.07) is 0.464. The van der Waals surface area contributed by atoms with Crippen LogP contribution in [0.25, 0.3) is 0 Å². The first-order chi connectivity index (χ1) is 7.75. The molecule has 1 amide bonds. The number of halogens is 3. The Bertz CT molecular complexity index is 491. The molecule has 7 heteroatoms. The molecule has 0 aliphatic heterocycles. The van der Waals surface area contributed by atoms with Crippen LogP contribution in [0.4, 0.5) is 18.9 Å². The van der Waals surface area contributed by atoms with Crippen molar-refractivity contribution in [3.05, 3.63) is 28.2 Å². The molecule has 17 heavy (non-hydrogen) atoms. The van der Waals surface area contributed by atoms with E-state index in [-0.39, 0.29) is 12.1 Å². The zero-order valence-electron chi connectivity index (χ0n) is 9.26. The van der Waals surface area contributed by atoms with E-state index in [0.717, 1.165) is 17.8 Å². The van der Waals surface area contributed by atoms with Crippen molar-refractivity contribution in [3.63, 3.8) is 0 Å². The van der Waals surface area contributed by atoms with Crippen LogP contribution in [0, 0.1) is 0 Å². The van der Waals surface area contributed by atoms with Crippen LogP contribution in [0.15, 0.2) is 17.1 Å². The molecule has 1 rings (SSSR count). The van der Waals surface area contributed by atoms with Crippen LogP contribution in [0.2, 0.25) is 0 Å². The number of aromatic nitrogens is 1. The molecule has 0 saturated heterocycles. The minimum Gasteiger partial charge on any atom is -0.345 e. The highest BCUT2D eigenvalue weighted by atomic mass is 19.4. The van der Waals surface area contributed by atoms with Gasteiger partial charge in [0.25, 0.3) is 0 Å². The number of alkyl halides is 3. The number of amides is 1. The molecule has 0 atom stereocenters. The summed E-state index contributed by atoms with van der Waals surface area (Å²) in [5.74, 6) is -0.429. The highest BCUT2D eigenvalue weighted by Crippen LogP contribution is 2.28. The highest BCUT2D eigenvalue weighted by Gasteiger charge is 2.33. The molecule has 0 radical (unpaired) electrons. The van der Waals surface area contributed by atoms with Crippen LogP contribution < -0.4 is 10.7 Å². The normalized spacial score (nSPS) is 11.4. The summed E-state index contributed by atoms with van der Waals surface area (Å²) in [6.45, 7) is 1.57. The van der Waals surface area contributed by atoms with E-state index < -0.39 is 23.2 Å². The molecule has 0 spiro atoms. The second kappa shape index (κ2) is 4.60. The predicted molar refractivity (Wildman–Crippen MR) is 55.6 cm³/mol. The number of nitrogens with zero attached hydrogens (tertiary/aromatic N) is 1. The maximum atomic E-state index is 12.4. The molecular formula is C10H11F3N2O2. The van der Waals surface area contributed by atoms with Crippen molar-refractivity contribution in [2.24, 2.45) is 7.05 Å². The lowest BCUT2D eigenvalue weighted by atomic mass is 10.3. The van der Waals surface area contributed by atoms with Gasteiger partial charge in [0.1, 0.15) is 11.4 Å². The van der Waals surface area contributed by atoms with Gasteiger partial charge < -0.3 is 9.88 Å². The zero-order chi connectivity index (χ0) is 13.2. The van der Waals surface area contributed by atoms with Crippen molar-refractivity contribution in [1.82, 2.24) is 4.57 Å². The molecule has 94 valence electrons. The van der Waals surface area contributed by atoms with Gasteiger partial charge >= 0.3 is 6.18 Å². The van der Waals surface area contributed by atoms with Crippen LogP contribution in [-0.2, 0) is 18.0 Å². The maximum absolute atomic E-state index is 12.4. The van der Waals surface area contributed by atoms with Gasteiger partial charge in [-0.3, -0.25) is 9.59 Å². The lowest BCUT2D eigenvalue weighted by molar-refractivity contribution is -0.143. The van der Waals surface area contributed by atoms with E-state index in [1.54, 1.807) is 6.92 Å². The third-order valence-corrected chi connectivity index (χ3v) is 2.12. The molecule has 1 N–H and O–H groups in total. The van der Waals surface area contributed by atoms with Gasteiger partial charge in [-0.15, -0.1) is 0 Å². The minimum absolute atomic E-state index is 0.143. The average molecular weight is 248 g/mol. The first-order valence-corrected chi connectivity index (χ1v) is 4.83. The van der Waals surface area contributed by atoms with Gasteiger partial charge in [0, 0.05) is 25.7 Å². The van der Waals surface area contributed by atoms with Gasteiger partial charge in [-0.1, -0.05) is 6.92 Å². The number of aryl methyl sites for hydroxylation is 1. The molecule has 0 bridgehead atoms. The van der Waals surface area contributed by atoms with Crippen molar-refractivity contribution in [1.29, 1.82) is 0 Å². The Balaban J connectivity index is 3.19. The number of hydrogen-bond donors (Lipinski definition) is 1. The smallest absolute Gasteiger partial charge is 0.345 e. The number of rotatable bonds is 2. The lowest BCUT2D eigenvalue weighted by Gasteiger charge is -2.13. The summed E-state index contributed by atoms with van der Waals surface area (Å²) in [6.07, 6.45) is -3.50. The van der Waals surface area contributed by atoms with Gasteiger partial charge in [-0.05, 0) is 0 Å². The second-order valence-electron chi connectivity index (χ2n) is 3.45. The van der Waals surface area contributed by atoms with Crippen molar-refractivity contribution in [3.8, 4) is 0 Å². The highest BCUT2D eigenvalue weighted by molar-refractivity contribution is 5.90. The molecule has 0 aliphatic carbocycles. The van der Waals surface area contributed by atoms with Gasteiger partial charge in [-0.2, -0.15) is 13.2 Å². The molecule has 0 fully saturated rings. The van der Waals surface area contributed by atoms with Gasteiger partial charge in [0.15, 0.2) is 0 Å². The number of pyridine rings is 1. The van der Waals surface area contributed by atoms with E-state index in [1.807, 2.05) is 0 Å². The summed E-state index contributed by atoms with van der Waals surface area (Å²) in [5, 5.41) is 2.24. The van der Waals surface area contributed by atoms with Crippen LogP contribution in [0.3, 0.4) is 0 Å².